The molecule has 0 atom stereocenters. The Balaban J connectivity index is 1.66. The number of methoxy groups -OCH3 is 1. The molecule has 0 saturated heterocycles. The highest BCUT2D eigenvalue weighted by Gasteiger charge is 2.13. The van der Waals surface area contributed by atoms with E-state index in [1.54, 1.807) is 43.8 Å². The number of ether oxygens (including phenoxy) is 1. The second-order valence-corrected chi connectivity index (χ2v) is 7.47. The van der Waals surface area contributed by atoms with Crippen molar-refractivity contribution in [1.29, 1.82) is 0 Å². The van der Waals surface area contributed by atoms with Gasteiger partial charge >= 0.3 is 0 Å². The lowest BCUT2D eigenvalue weighted by Gasteiger charge is -2.11. The summed E-state index contributed by atoms with van der Waals surface area (Å²) in [5, 5.41) is 3.32. The van der Waals surface area contributed by atoms with Gasteiger partial charge in [0.1, 0.15) is 5.75 Å². The lowest BCUT2D eigenvalue weighted by molar-refractivity contribution is -0.113. The summed E-state index contributed by atoms with van der Waals surface area (Å²) in [6.45, 7) is 0. The Morgan fingerprint density at radius 1 is 1.25 bits per heavy atom. The number of amides is 1. The summed E-state index contributed by atoms with van der Waals surface area (Å²) in [5.41, 5.74) is 1.23. The molecule has 9 heteroatoms. The SMILES string of the molecule is COc1cccc(-n2ccnc2SCC(=O)Nc2ccccc2SC(F)F)c1. The van der Waals surface area contributed by atoms with Gasteiger partial charge in [-0.15, -0.1) is 0 Å². The normalized spacial score (nSPS) is 10.9. The van der Waals surface area contributed by atoms with Crippen molar-refractivity contribution in [3.8, 4) is 11.4 Å². The average Bonchev–Trinajstić information content (AvgIpc) is 3.16. The third kappa shape index (κ3) is 5.26. The first-order chi connectivity index (χ1) is 13.6. The molecule has 0 saturated carbocycles. The van der Waals surface area contributed by atoms with Crippen LogP contribution in [0.25, 0.3) is 5.69 Å². The Labute approximate surface area is 169 Å². The largest absolute Gasteiger partial charge is 0.497 e. The number of halogens is 2. The van der Waals surface area contributed by atoms with Gasteiger partial charge in [-0.1, -0.05) is 41.7 Å². The van der Waals surface area contributed by atoms with Crippen molar-refractivity contribution < 1.29 is 18.3 Å². The zero-order chi connectivity index (χ0) is 19.9. The van der Waals surface area contributed by atoms with E-state index in [0.29, 0.717) is 33.3 Å². The maximum Gasteiger partial charge on any atom is 0.288 e. The van der Waals surface area contributed by atoms with Crippen molar-refractivity contribution >= 4 is 35.1 Å². The molecule has 0 fully saturated rings. The van der Waals surface area contributed by atoms with Gasteiger partial charge in [0.25, 0.3) is 5.76 Å². The van der Waals surface area contributed by atoms with Gasteiger partial charge in [-0.3, -0.25) is 9.36 Å². The van der Waals surface area contributed by atoms with Gasteiger partial charge < -0.3 is 10.1 Å². The number of anilines is 1. The molecule has 0 unspecified atom stereocenters. The van der Waals surface area contributed by atoms with Crippen LogP contribution in [0.1, 0.15) is 0 Å². The number of hydrogen-bond acceptors (Lipinski definition) is 5. The molecule has 1 amide bonds. The molecule has 5 nitrogen and oxygen atoms in total. The van der Waals surface area contributed by atoms with Gasteiger partial charge in [0.05, 0.1) is 24.2 Å². The fourth-order valence-corrected chi connectivity index (χ4v) is 3.81. The van der Waals surface area contributed by atoms with Gasteiger partial charge in [0.2, 0.25) is 5.91 Å². The second-order valence-electron chi connectivity index (χ2n) is 5.49. The Morgan fingerprint density at radius 3 is 2.86 bits per heavy atom. The number of aromatic nitrogens is 2. The quantitative estimate of drug-likeness (QED) is 0.523. The van der Waals surface area contributed by atoms with E-state index in [0.717, 1.165) is 5.69 Å². The first kappa shape index (κ1) is 20.2. The molecule has 0 bridgehead atoms. The van der Waals surface area contributed by atoms with E-state index in [2.05, 4.69) is 10.3 Å². The zero-order valence-corrected chi connectivity index (χ0v) is 16.5. The summed E-state index contributed by atoms with van der Waals surface area (Å²) in [5.74, 6) is -2.04. The number of rotatable bonds is 8. The van der Waals surface area contributed by atoms with Gasteiger partial charge in [-0.25, -0.2) is 4.98 Å². The van der Waals surface area contributed by atoms with E-state index < -0.39 is 5.76 Å². The van der Waals surface area contributed by atoms with Crippen molar-refractivity contribution in [3.05, 3.63) is 60.9 Å². The summed E-state index contributed by atoms with van der Waals surface area (Å²) in [4.78, 5) is 16.9. The summed E-state index contributed by atoms with van der Waals surface area (Å²) in [6.07, 6.45) is 3.44. The number of carbonyl (C=O) groups excluding carboxylic acids is 1. The molecule has 2 aromatic carbocycles. The van der Waals surface area contributed by atoms with Crippen molar-refractivity contribution in [2.45, 2.75) is 15.8 Å². The molecule has 0 radical (unpaired) electrons. The maximum absolute atomic E-state index is 12.7. The molecule has 1 heterocycles. The second kappa shape index (κ2) is 9.61. The molecule has 1 aromatic heterocycles. The fraction of sp³-hybridized carbons (Fsp3) is 0.158. The van der Waals surface area contributed by atoms with Crippen molar-refractivity contribution in [1.82, 2.24) is 9.55 Å². The number of alkyl halides is 2. The minimum absolute atomic E-state index is 0.0919. The molecule has 0 aliphatic rings. The number of benzene rings is 2. The lowest BCUT2D eigenvalue weighted by atomic mass is 10.3. The summed E-state index contributed by atoms with van der Waals surface area (Å²) in [7, 11) is 1.59. The van der Waals surface area contributed by atoms with Crippen LogP contribution in [0.3, 0.4) is 0 Å². The lowest BCUT2D eigenvalue weighted by Crippen LogP contribution is -2.15. The number of nitrogens with one attached hydrogen (secondary N) is 1. The van der Waals surface area contributed by atoms with Crippen LogP contribution < -0.4 is 10.1 Å². The van der Waals surface area contributed by atoms with E-state index >= 15 is 0 Å². The Kier molecular flexibility index (Phi) is 6.94. The molecule has 0 spiro atoms. The van der Waals surface area contributed by atoms with Crippen LogP contribution in [0, 0.1) is 0 Å². The van der Waals surface area contributed by atoms with Crippen molar-refractivity contribution in [2.24, 2.45) is 0 Å². The maximum atomic E-state index is 12.7. The number of nitrogens with zero attached hydrogens (tertiary/aromatic N) is 2. The molecular formula is C19H17F2N3O2S2. The number of carbonyl (C=O) groups is 1. The van der Waals surface area contributed by atoms with E-state index in [1.165, 1.54) is 11.8 Å². The average molecular weight is 421 g/mol. The predicted molar refractivity (Wildman–Crippen MR) is 108 cm³/mol. The highest BCUT2D eigenvalue weighted by Crippen LogP contribution is 2.32. The van der Waals surface area contributed by atoms with Gasteiger partial charge in [-0.2, -0.15) is 8.78 Å². The molecule has 146 valence electrons. The van der Waals surface area contributed by atoms with Crippen LogP contribution in [0.5, 0.6) is 5.75 Å². The Bertz CT molecular complexity index is 950. The van der Waals surface area contributed by atoms with Crippen molar-refractivity contribution in [2.75, 3.05) is 18.2 Å². The Morgan fingerprint density at radius 2 is 2.07 bits per heavy atom. The molecule has 0 aliphatic carbocycles. The topological polar surface area (TPSA) is 56.2 Å². The minimum atomic E-state index is -2.55. The minimum Gasteiger partial charge on any atom is -0.497 e. The summed E-state index contributed by atoms with van der Waals surface area (Å²) < 4.78 is 32.4. The van der Waals surface area contributed by atoms with Crippen molar-refractivity contribution in [3.63, 3.8) is 0 Å². The van der Waals surface area contributed by atoms with Gasteiger partial charge in [0, 0.05) is 23.4 Å². The van der Waals surface area contributed by atoms with E-state index in [4.69, 9.17) is 4.74 Å². The third-order valence-corrected chi connectivity index (χ3v) is 5.40. The highest BCUT2D eigenvalue weighted by molar-refractivity contribution is 8.00. The first-order valence-corrected chi connectivity index (χ1v) is 10.1. The van der Waals surface area contributed by atoms with Gasteiger partial charge in [-0.05, 0) is 24.3 Å². The van der Waals surface area contributed by atoms with E-state index in [1.807, 2.05) is 28.8 Å². The standard InChI is InChI=1S/C19H17F2N3O2S2/c1-26-14-6-4-5-13(11-14)24-10-9-22-19(24)27-12-17(25)23-15-7-2-3-8-16(15)28-18(20)21/h2-11,18H,12H2,1H3,(H,23,25). The van der Waals surface area contributed by atoms with Crippen LogP contribution in [0.15, 0.2) is 71.0 Å². The van der Waals surface area contributed by atoms with Crippen LogP contribution in [-0.4, -0.2) is 34.1 Å². The molecule has 0 aliphatic heterocycles. The number of thioether (sulfide) groups is 2. The summed E-state index contributed by atoms with van der Waals surface area (Å²) >= 11 is 1.66. The molecular weight excluding hydrogens is 404 g/mol. The molecule has 28 heavy (non-hydrogen) atoms. The third-order valence-electron chi connectivity index (χ3n) is 3.65. The van der Waals surface area contributed by atoms with Crippen LogP contribution >= 0.6 is 23.5 Å². The smallest absolute Gasteiger partial charge is 0.288 e. The first-order valence-electron chi connectivity index (χ1n) is 8.21. The summed E-state index contributed by atoms with van der Waals surface area (Å²) in [6, 6.07) is 14.0. The van der Waals surface area contributed by atoms with Crippen LogP contribution in [-0.2, 0) is 4.79 Å². The number of imidazole rings is 1. The van der Waals surface area contributed by atoms with Crippen LogP contribution in [0.2, 0.25) is 0 Å². The number of hydrogen-bond donors (Lipinski definition) is 1. The van der Waals surface area contributed by atoms with Crippen LogP contribution in [0.4, 0.5) is 14.5 Å². The van der Waals surface area contributed by atoms with Gasteiger partial charge in [0.15, 0.2) is 5.16 Å². The molecule has 1 N–H and O–H groups in total. The highest BCUT2D eigenvalue weighted by atomic mass is 32.2. The van der Waals surface area contributed by atoms with E-state index in [9.17, 15) is 13.6 Å². The number of para-hydroxylation sites is 1. The van der Waals surface area contributed by atoms with E-state index in [-0.39, 0.29) is 11.7 Å². The monoisotopic (exact) mass is 421 g/mol. The molecule has 3 rings (SSSR count). The molecule has 3 aromatic rings. The Hall–Kier alpha value is -2.52. The predicted octanol–water partition coefficient (Wildman–Crippen LogP) is 4.93. The fourth-order valence-electron chi connectivity index (χ4n) is 2.44. The zero-order valence-electron chi connectivity index (χ0n) is 14.8.